The van der Waals surface area contributed by atoms with E-state index in [4.69, 9.17) is 4.74 Å². The van der Waals surface area contributed by atoms with Crippen LogP contribution in [0.4, 0.5) is 4.39 Å². The Morgan fingerprint density at radius 3 is 2.58 bits per heavy atom. The first-order valence-electron chi connectivity index (χ1n) is 5.67. The number of carbonyl (C=O) groups excluding carboxylic acids is 1. The zero-order valence-electron chi connectivity index (χ0n) is 10.5. The number of ketones is 1. The Morgan fingerprint density at radius 1 is 1.21 bits per heavy atom. The molecule has 2 aromatic rings. The van der Waals surface area contributed by atoms with Crippen LogP contribution in [0.15, 0.2) is 40.9 Å². The number of aryl methyl sites for hydroxylation is 1. The van der Waals surface area contributed by atoms with Crippen LogP contribution in [0.3, 0.4) is 0 Å². The highest BCUT2D eigenvalue weighted by atomic mass is 79.9. The van der Waals surface area contributed by atoms with E-state index in [1.807, 2.05) is 19.1 Å². The zero-order chi connectivity index (χ0) is 14.0. The van der Waals surface area contributed by atoms with Crippen molar-refractivity contribution in [3.63, 3.8) is 0 Å². The number of hydrogen-bond acceptors (Lipinski definition) is 2. The number of halogens is 2. The summed E-state index contributed by atoms with van der Waals surface area (Å²) in [5.74, 6) is -0.644. The van der Waals surface area contributed by atoms with Crippen LogP contribution in [0, 0.1) is 12.7 Å². The number of methoxy groups -OCH3 is 1. The minimum atomic E-state index is -0.544. The SMILES string of the molecule is COc1ccc(C(=O)c2cc(C)ccc2Br)cc1F. The van der Waals surface area contributed by atoms with Crippen molar-refractivity contribution in [1.82, 2.24) is 0 Å². The third-order valence-corrected chi connectivity index (χ3v) is 3.47. The molecule has 0 aliphatic heterocycles. The molecule has 0 aliphatic carbocycles. The number of carbonyl (C=O) groups is 1. The summed E-state index contributed by atoms with van der Waals surface area (Å²) < 4.78 is 19.1. The van der Waals surface area contributed by atoms with Crippen LogP contribution < -0.4 is 4.74 Å². The Hall–Kier alpha value is -1.68. The molecular formula is C15H12BrFO2. The number of ether oxygens (including phenoxy) is 1. The molecule has 0 bridgehead atoms. The Bertz CT molecular complexity index is 638. The van der Waals surface area contributed by atoms with Crippen molar-refractivity contribution in [3.8, 4) is 5.75 Å². The third-order valence-electron chi connectivity index (χ3n) is 2.78. The van der Waals surface area contributed by atoms with Gasteiger partial charge in [-0.05, 0) is 37.3 Å². The van der Waals surface area contributed by atoms with Crippen molar-refractivity contribution in [2.45, 2.75) is 6.92 Å². The molecule has 0 radical (unpaired) electrons. The monoisotopic (exact) mass is 322 g/mol. The van der Waals surface area contributed by atoms with E-state index < -0.39 is 5.82 Å². The van der Waals surface area contributed by atoms with Crippen molar-refractivity contribution >= 4 is 21.7 Å². The minimum absolute atomic E-state index is 0.125. The summed E-state index contributed by atoms with van der Waals surface area (Å²) in [5.41, 5.74) is 1.79. The fourth-order valence-corrected chi connectivity index (χ4v) is 2.20. The standard InChI is InChI=1S/C15H12BrFO2/c1-9-3-5-12(16)11(7-9)15(18)10-4-6-14(19-2)13(17)8-10/h3-8H,1-2H3. The fraction of sp³-hybridized carbons (Fsp3) is 0.133. The molecule has 0 spiro atoms. The lowest BCUT2D eigenvalue weighted by molar-refractivity contribution is 0.103. The van der Waals surface area contributed by atoms with Gasteiger partial charge < -0.3 is 4.74 Å². The molecule has 98 valence electrons. The number of rotatable bonds is 3. The van der Waals surface area contributed by atoms with Gasteiger partial charge in [0.05, 0.1) is 7.11 Å². The molecule has 0 aliphatic rings. The highest BCUT2D eigenvalue weighted by molar-refractivity contribution is 9.10. The van der Waals surface area contributed by atoms with Gasteiger partial charge in [0.1, 0.15) is 0 Å². The first-order chi connectivity index (χ1) is 9.02. The summed E-state index contributed by atoms with van der Waals surface area (Å²) >= 11 is 3.34. The molecule has 2 nitrogen and oxygen atoms in total. The van der Waals surface area contributed by atoms with Gasteiger partial charge in [-0.25, -0.2) is 4.39 Å². The van der Waals surface area contributed by atoms with E-state index >= 15 is 0 Å². The normalized spacial score (nSPS) is 10.3. The van der Waals surface area contributed by atoms with Crippen molar-refractivity contribution in [3.05, 3.63) is 63.4 Å². The molecule has 19 heavy (non-hydrogen) atoms. The summed E-state index contributed by atoms with van der Waals surface area (Å²) in [5, 5.41) is 0. The van der Waals surface area contributed by atoms with Gasteiger partial charge in [-0.3, -0.25) is 4.79 Å². The van der Waals surface area contributed by atoms with Crippen LogP contribution in [0.25, 0.3) is 0 Å². The molecule has 0 fully saturated rings. The molecule has 0 saturated carbocycles. The second-order valence-corrected chi connectivity index (χ2v) is 5.02. The predicted octanol–water partition coefficient (Wildman–Crippen LogP) is 4.14. The lowest BCUT2D eigenvalue weighted by Gasteiger charge is -2.07. The molecule has 4 heteroatoms. The average Bonchev–Trinajstić information content (AvgIpc) is 2.40. The van der Waals surface area contributed by atoms with E-state index in [0.29, 0.717) is 15.6 Å². The van der Waals surface area contributed by atoms with E-state index in [9.17, 15) is 9.18 Å². The van der Waals surface area contributed by atoms with Crippen molar-refractivity contribution in [2.24, 2.45) is 0 Å². The van der Waals surface area contributed by atoms with Gasteiger partial charge >= 0.3 is 0 Å². The van der Waals surface area contributed by atoms with E-state index in [1.165, 1.54) is 19.2 Å². The number of benzene rings is 2. The quantitative estimate of drug-likeness (QED) is 0.794. The lowest BCUT2D eigenvalue weighted by atomic mass is 10.0. The Balaban J connectivity index is 2.44. The van der Waals surface area contributed by atoms with Crippen molar-refractivity contribution in [2.75, 3.05) is 7.11 Å². The van der Waals surface area contributed by atoms with Gasteiger partial charge in [-0.15, -0.1) is 0 Å². The van der Waals surface area contributed by atoms with Gasteiger partial charge in [-0.1, -0.05) is 27.6 Å². The maximum atomic E-state index is 13.6. The van der Waals surface area contributed by atoms with Crippen LogP contribution in [0.1, 0.15) is 21.5 Å². The molecule has 0 amide bonds. The van der Waals surface area contributed by atoms with Crippen LogP contribution in [0.2, 0.25) is 0 Å². The summed E-state index contributed by atoms with van der Waals surface area (Å²) in [6, 6.07) is 9.67. The first kappa shape index (κ1) is 13.7. The first-order valence-corrected chi connectivity index (χ1v) is 6.46. The second kappa shape index (κ2) is 5.53. The second-order valence-electron chi connectivity index (χ2n) is 4.16. The Morgan fingerprint density at radius 2 is 1.95 bits per heavy atom. The highest BCUT2D eigenvalue weighted by Crippen LogP contribution is 2.24. The van der Waals surface area contributed by atoms with E-state index in [-0.39, 0.29) is 11.5 Å². The third kappa shape index (κ3) is 2.84. The summed E-state index contributed by atoms with van der Waals surface area (Å²) in [7, 11) is 1.39. The molecule has 2 rings (SSSR count). The van der Waals surface area contributed by atoms with Crippen LogP contribution >= 0.6 is 15.9 Å². The van der Waals surface area contributed by atoms with E-state index in [1.54, 1.807) is 12.1 Å². The highest BCUT2D eigenvalue weighted by Gasteiger charge is 2.15. The maximum Gasteiger partial charge on any atom is 0.194 e. The summed E-state index contributed by atoms with van der Waals surface area (Å²) in [6.07, 6.45) is 0. The van der Waals surface area contributed by atoms with Crippen LogP contribution in [-0.4, -0.2) is 12.9 Å². The summed E-state index contributed by atoms with van der Waals surface area (Å²) in [4.78, 5) is 12.3. The Kier molecular flexibility index (Phi) is 4.00. The van der Waals surface area contributed by atoms with Crippen molar-refractivity contribution in [1.29, 1.82) is 0 Å². The van der Waals surface area contributed by atoms with Crippen LogP contribution in [-0.2, 0) is 0 Å². The van der Waals surface area contributed by atoms with E-state index in [0.717, 1.165) is 5.56 Å². The molecule has 0 saturated heterocycles. The van der Waals surface area contributed by atoms with E-state index in [2.05, 4.69) is 15.9 Å². The van der Waals surface area contributed by atoms with Gasteiger partial charge in [0, 0.05) is 15.6 Å². The Labute approximate surface area is 119 Å². The smallest absolute Gasteiger partial charge is 0.194 e. The topological polar surface area (TPSA) is 26.3 Å². The molecule has 0 heterocycles. The largest absolute Gasteiger partial charge is 0.494 e. The van der Waals surface area contributed by atoms with Gasteiger partial charge in [0.2, 0.25) is 0 Å². The average molecular weight is 323 g/mol. The predicted molar refractivity (Wildman–Crippen MR) is 75.3 cm³/mol. The van der Waals surface area contributed by atoms with Crippen molar-refractivity contribution < 1.29 is 13.9 Å². The molecule has 2 aromatic carbocycles. The zero-order valence-corrected chi connectivity index (χ0v) is 12.1. The number of hydrogen-bond donors (Lipinski definition) is 0. The molecule has 0 aromatic heterocycles. The maximum absolute atomic E-state index is 13.6. The van der Waals surface area contributed by atoms with Crippen LogP contribution in [0.5, 0.6) is 5.75 Å². The molecular weight excluding hydrogens is 311 g/mol. The lowest BCUT2D eigenvalue weighted by Crippen LogP contribution is -2.04. The van der Waals surface area contributed by atoms with Gasteiger partial charge in [-0.2, -0.15) is 0 Å². The molecule has 0 N–H and O–H groups in total. The van der Waals surface area contributed by atoms with Gasteiger partial charge in [0.15, 0.2) is 17.3 Å². The van der Waals surface area contributed by atoms with Gasteiger partial charge in [0.25, 0.3) is 0 Å². The fourth-order valence-electron chi connectivity index (χ4n) is 1.78. The minimum Gasteiger partial charge on any atom is -0.494 e. The molecule has 0 atom stereocenters. The molecule has 0 unspecified atom stereocenters. The summed E-state index contributed by atoms with van der Waals surface area (Å²) in [6.45, 7) is 1.90.